The number of likely N-dealkylation sites (N-methyl/N-ethyl adjacent to an activating group) is 1. The molecular weight excluding hydrogens is 499 g/mol. The van der Waals surface area contributed by atoms with E-state index in [1.54, 1.807) is 24.7 Å². The van der Waals surface area contributed by atoms with Gasteiger partial charge in [0.25, 0.3) is 0 Å². The van der Waals surface area contributed by atoms with E-state index in [0.717, 1.165) is 37.4 Å². The first-order valence-electron chi connectivity index (χ1n) is 13.1. The minimum absolute atomic E-state index is 0.228. The Bertz CT molecular complexity index is 1620. The highest BCUT2D eigenvalue weighted by Gasteiger charge is 2.23. The Morgan fingerprint density at radius 1 is 1.10 bits per heavy atom. The van der Waals surface area contributed by atoms with E-state index in [9.17, 15) is 5.11 Å². The molecule has 1 aliphatic heterocycles. The molecule has 12 heteroatoms. The number of nitrogens with one attached hydrogen (secondary N) is 3. The van der Waals surface area contributed by atoms with Crippen LogP contribution in [0.5, 0.6) is 0 Å². The third-order valence-corrected chi connectivity index (χ3v) is 7.03. The fraction of sp³-hybridized carbons (Fsp3) is 0.370. The number of halogens is 1. The average molecular weight is 531 g/mol. The van der Waals surface area contributed by atoms with E-state index in [4.69, 9.17) is 4.98 Å². The lowest BCUT2D eigenvalue weighted by molar-refractivity contribution is 0.176. The lowest BCUT2D eigenvalue weighted by Gasteiger charge is -2.33. The van der Waals surface area contributed by atoms with Gasteiger partial charge in [-0.1, -0.05) is 13.8 Å². The SMILES string of the molecule is CC(C)CC(O)Nc1cncc(-c2cnc3[nH]nc(-c4nc5c(N6CCN(C)CC6)ccnc5[nH]4)c3c2F)c1. The van der Waals surface area contributed by atoms with Crippen molar-refractivity contribution in [3.05, 3.63) is 42.7 Å². The zero-order valence-corrected chi connectivity index (χ0v) is 22.1. The Kier molecular flexibility index (Phi) is 6.57. The molecule has 1 unspecified atom stereocenters. The van der Waals surface area contributed by atoms with E-state index < -0.39 is 12.0 Å². The van der Waals surface area contributed by atoms with Crippen molar-refractivity contribution < 1.29 is 9.50 Å². The second-order valence-corrected chi connectivity index (χ2v) is 10.4. The molecule has 5 aromatic heterocycles. The zero-order chi connectivity index (χ0) is 27.1. The number of nitrogens with zero attached hydrogens (tertiary/aromatic N) is 7. The van der Waals surface area contributed by atoms with Crippen molar-refractivity contribution in [1.29, 1.82) is 0 Å². The molecule has 1 saturated heterocycles. The molecule has 0 amide bonds. The summed E-state index contributed by atoms with van der Waals surface area (Å²) in [5.74, 6) is 0.241. The van der Waals surface area contributed by atoms with Gasteiger partial charge in [0.2, 0.25) is 0 Å². The summed E-state index contributed by atoms with van der Waals surface area (Å²) in [4.78, 5) is 25.8. The van der Waals surface area contributed by atoms with Gasteiger partial charge in [0.1, 0.15) is 23.3 Å². The van der Waals surface area contributed by atoms with E-state index >= 15 is 4.39 Å². The highest BCUT2D eigenvalue weighted by molar-refractivity contribution is 5.95. The van der Waals surface area contributed by atoms with Crippen molar-refractivity contribution in [2.75, 3.05) is 43.4 Å². The topological polar surface area (TPSA) is 135 Å². The number of fused-ring (bicyclic) bond motifs is 2. The summed E-state index contributed by atoms with van der Waals surface area (Å²) < 4.78 is 16.1. The van der Waals surface area contributed by atoms with E-state index in [0.29, 0.717) is 46.4 Å². The summed E-state index contributed by atoms with van der Waals surface area (Å²) in [6.07, 6.45) is 6.22. The molecule has 1 aliphatic rings. The number of aromatic nitrogens is 7. The van der Waals surface area contributed by atoms with Gasteiger partial charge in [-0.25, -0.2) is 19.3 Å². The Balaban J connectivity index is 1.37. The van der Waals surface area contributed by atoms with Gasteiger partial charge in [-0.2, -0.15) is 5.10 Å². The summed E-state index contributed by atoms with van der Waals surface area (Å²) in [6.45, 7) is 7.77. The van der Waals surface area contributed by atoms with E-state index in [2.05, 4.69) is 52.3 Å². The van der Waals surface area contributed by atoms with Crippen LogP contribution in [-0.2, 0) is 0 Å². The van der Waals surface area contributed by atoms with Crippen LogP contribution in [-0.4, -0.2) is 84.6 Å². The molecule has 11 nitrogen and oxygen atoms in total. The summed E-state index contributed by atoms with van der Waals surface area (Å²) in [6, 6.07) is 3.71. The van der Waals surface area contributed by atoms with Crippen molar-refractivity contribution in [3.8, 4) is 22.6 Å². The van der Waals surface area contributed by atoms with Crippen LogP contribution in [0.1, 0.15) is 20.3 Å². The van der Waals surface area contributed by atoms with Crippen molar-refractivity contribution in [2.45, 2.75) is 26.5 Å². The molecule has 0 saturated carbocycles. The van der Waals surface area contributed by atoms with Crippen LogP contribution >= 0.6 is 0 Å². The van der Waals surface area contributed by atoms with Gasteiger partial charge >= 0.3 is 0 Å². The second-order valence-electron chi connectivity index (χ2n) is 10.4. The van der Waals surface area contributed by atoms with E-state index in [-0.39, 0.29) is 10.9 Å². The molecule has 0 radical (unpaired) electrons. The van der Waals surface area contributed by atoms with Gasteiger partial charge in [0, 0.05) is 55.9 Å². The van der Waals surface area contributed by atoms with Gasteiger partial charge in [-0.15, -0.1) is 0 Å². The number of hydrogen-bond acceptors (Lipinski definition) is 9. The van der Waals surface area contributed by atoms with Crippen LogP contribution < -0.4 is 10.2 Å². The Morgan fingerprint density at radius 3 is 2.72 bits per heavy atom. The number of anilines is 2. The molecule has 0 aliphatic carbocycles. The Labute approximate surface area is 224 Å². The quantitative estimate of drug-likeness (QED) is 0.233. The number of aliphatic hydroxyl groups is 1. The van der Waals surface area contributed by atoms with Gasteiger partial charge in [-0.05, 0) is 31.5 Å². The molecule has 202 valence electrons. The average Bonchev–Trinajstić information content (AvgIpc) is 3.54. The van der Waals surface area contributed by atoms with Crippen LogP contribution in [0, 0.1) is 11.7 Å². The van der Waals surface area contributed by atoms with Gasteiger partial charge in [0.15, 0.2) is 17.1 Å². The smallest absolute Gasteiger partial charge is 0.161 e. The third-order valence-electron chi connectivity index (χ3n) is 7.03. The maximum absolute atomic E-state index is 16.1. The minimum atomic E-state index is -0.731. The van der Waals surface area contributed by atoms with Crippen molar-refractivity contribution in [2.24, 2.45) is 5.92 Å². The number of imidazole rings is 1. The maximum Gasteiger partial charge on any atom is 0.161 e. The number of aliphatic hydroxyl groups excluding tert-OH is 1. The van der Waals surface area contributed by atoms with Crippen LogP contribution in [0.2, 0.25) is 0 Å². The van der Waals surface area contributed by atoms with Crippen LogP contribution in [0.4, 0.5) is 15.8 Å². The standard InChI is InChI=1S/C27H31FN10O/c1-15(2)10-20(39)32-17-11-16(12-29-13-17)18-14-31-25-21(22(18)28)24(35-36-25)27-33-23-19(4-5-30-26(23)34-27)38-8-6-37(3)7-9-38/h4-5,11-15,20,32,39H,6-10H2,1-3H3,(H,30,33,34)(H,31,35,36). The van der Waals surface area contributed by atoms with Gasteiger partial charge < -0.3 is 25.2 Å². The largest absolute Gasteiger partial charge is 0.374 e. The molecule has 6 heterocycles. The summed E-state index contributed by atoms with van der Waals surface area (Å²) >= 11 is 0. The number of hydrogen-bond donors (Lipinski definition) is 4. The monoisotopic (exact) mass is 530 g/mol. The van der Waals surface area contributed by atoms with Crippen molar-refractivity contribution in [1.82, 2.24) is 40.0 Å². The minimum Gasteiger partial charge on any atom is -0.374 e. The van der Waals surface area contributed by atoms with Crippen LogP contribution in [0.25, 0.3) is 44.8 Å². The predicted molar refractivity (Wildman–Crippen MR) is 149 cm³/mol. The fourth-order valence-corrected chi connectivity index (χ4v) is 5.00. The molecule has 6 rings (SSSR count). The normalized spacial score (nSPS) is 15.5. The molecular formula is C27H31FN10O. The molecule has 4 N–H and O–H groups in total. The Morgan fingerprint density at radius 2 is 1.92 bits per heavy atom. The summed E-state index contributed by atoms with van der Waals surface area (Å²) in [5.41, 5.74) is 4.36. The van der Waals surface area contributed by atoms with Crippen molar-refractivity contribution >= 4 is 33.6 Å². The van der Waals surface area contributed by atoms with Gasteiger partial charge in [-0.3, -0.25) is 10.1 Å². The summed E-state index contributed by atoms with van der Waals surface area (Å²) in [7, 11) is 2.12. The highest BCUT2D eigenvalue weighted by atomic mass is 19.1. The molecule has 0 aromatic carbocycles. The molecule has 1 fully saturated rings. The van der Waals surface area contributed by atoms with E-state index in [1.807, 2.05) is 19.9 Å². The van der Waals surface area contributed by atoms with Gasteiger partial charge in [0.05, 0.1) is 23.0 Å². The first-order chi connectivity index (χ1) is 18.9. The second kappa shape index (κ2) is 10.2. The van der Waals surface area contributed by atoms with E-state index in [1.165, 1.54) is 6.20 Å². The van der Waals surface area contributed by atoms with Crippen molar-refractivity contribution in [3.63, 3.8) is 0 Å². The van der Waals surface area contributed by atoms with Crippen LogP contribution in [0.15, 0.2) is 36.9 Å². The number of piperazine rings is 1. The van der Waals surface area contributed by atoms with Crippen LogP contribution in [0.3, 0.4) is 0 Å². The number of rotatable bonds is 7. The first-order valence-corrected chi connectivity index (χ1v) is 13.1. The Hall–Kier alpha value is -4.16. The predicted octanol–water partition coefficient (Wildman–Crippen LogP) is 3.63. The highest BCUT2D eigenvalue weighted by Crippen LogP contribution is 2.34. The maximum atomic E-state index is 16.1. The fourth-order valence-electron chi connectivity index (χ4n) is 5.00. The summed E-state index contributed by atoms with van der Waals surface area (Å²) in [5, 5.41) is 20.7. The first kappa shape index (κ1) is 25.1. The zero-order valence-electron chi connectivity index (χ0n) is 22.1. The molecule has 5 aromatic rings. The molecule has 0 spiro atoms. The number of aromatic amines is 2. The lowest BCUT2D eigenvalue weighted by Crippen LogP contribution is -2.44. The number of H-pyrrole nitrogens is 2. The molecule has 0 bridgehead atoms. The third kappa shape index (κ3) is 4.88. The molecule has 39 heavy (non-hydrogen) atoms. The number of pyridine rings is 3. The molecule has 1 atom stereocenters. The lowest BCUT2D eigenvalue weighted by atomic mass is 10.1.